The number of hydrogen-bond donors (Lipinski definition) is 0. The fourth-order valence-electron chi connectivity index (χ4n) is 2.31. The second-order valence-electron chi connectivity index (χ2n) is 5.41. The third-order valence-electron chi connectivity index (χ3n) is 3.58. The summed E-state index contributed by atoms with van der Waals surface area (Å²) in [7, 11) is 0. The summed E-state index contributed by atoms with van der Waals surface area (Å²) in [5.74, 6) is -0.732. The Morgan fingerprint density at radius 1 is 1.19 bits per heavy atom. The Hall–Kier alpha value is -3.29. The van der Waals surface area contributed by atoms with E-state index in [0.717, 1.165) is 0 Å². The van der Waals surface area contributed by atoms with E-state index in [1.54, 1.807) is 25.3 Å². The molecule has 1 aromatic carbocycles. The average Bonchev–Trinajstić information content (AvgIpc) is 2.65. The van der Waals surface area contributed by atoms with Gasteiger partial charge < -0.3 is 9.64 Å². The van der Waals surface area contributed by atoms with Crippen LogP contribution < -0.4 is 0 Å². The summed E-state index contributed by atoms with van der Waals surface area (Å²) < 4.78 is 4.90. The Morgan fingerprint density at radius 3 is 2.50 bits per heavy atom. The zero-order chi connectivity index (χ0) is 18.9. The summed E-state index contributed by atoms with van der Waals surface area (Å²) in [5, 5.41) is 10.7. The molecule has 0 spiro atoms. The van der Waals surface area contributed by atoms with Gasteiger partial charge in [0.05, 0.1) is 30.2 Å². The molecule has 2 rings (SSSR count). The quantitative estimate of drug-likeness (QED) is 0.409. The second kappa shape index (κ2) is 9.26. The standard InChI is InChI=1S/C18H19N3O5/c1-2-26-17(22)10-12-20(13-15-5-3-4-11-19-15)18(23)14-6-8-16(9-7-14)21(24)25/h3-9,11H,2,10,12-13H2,1H3. The number of non-ortho nitro benzene ring substituents is 1. The topological polar surface area (TPSA) is 103 Å². The SMILES string of the molecule is CCOC(=O)CCN(Cc1ccccn1)C(=O)c1ccc([N+](=O)[O-])cc1. The van der Waals surface area contributed by atoms with E-state index in [1.165, 1.54) is 29.2 Å². The van der Waals surface area contributed by atoms with Crippen LogP contribution in [0.1, 0.15) is 29.4 Å². The van der Waals surface area contributed by atoms with Gasteiger partial charge >= 0.3 is 5.97 Å². The summed E-state index contributed by atoms with van der Waals surface area (Å²) in [4.78, 5) is 40.3. The maximum atomic E-state index is 12.8. The molecule has 1 aromatic heterocycles. The Bertz CT molecular complexity index is 762. The van der Waals surface area contributed by atoms with Crippen LogP contribution >= 0.6 is 0 Å². The van der Waals surface area contributed by atoms with Crippen LogP contribution in [-0.2, 0) is 16.1 Å². The number of rotatable bonds is 8. The Labute approximate surface area is 150 Å². The highest BCUT2D eigenvalue weighted by Crippen LogP contribution is 2.15. The maximum absolute atomic E-state index is 12.8. The minimum atomic E-state index is -0.527. The number of pyridine rings is 1. The molecular weight excluding hydrogens is 338 g/mol. The van der Waals surface area contributed by atoms with Gasteiger partial charge in [-0.05, 0) is 31.2 Å². The van der Waals surface area contributed by atoms with E-state index in [1.807, 2.05) is 6.07 Å². The molecule has 0 unspecified atom stereocenters. The lowest BCUT2D eigenvalue weighted by molar-refractivity contribution is -0.384. The molecule has 0 atom stereocenters. The summed E-state index contributed by atoms with van der Waals surface area (Å²) >= 11 is 0. The molecule has 0 radical (unpaired) electrons. The lowest BCUT2D eigenvalue weighted by atomic mass is 10.1. The summed E-state index contributed by atoms with van der Waals surface area (Å²) in [6.45, 7) is 2.36. The zero-order valence-corrected chi connectivity index (χ0v) is 14.3. The van der Waals surface area contributed by atoms with E-state index in [9.17, 15) is 19.7 Å². The monoisotopic (exact) mass is 357 g/mol. The molecule has 1 amide bonds. The molecule has 0 saturated heterocycles. The van der Waals surface area contributed by atoms with Crippen molar-refractivity contribution in [2.75, 3.05) is 13.2 Å². The molecule has 0 aliphatic carbocycles. The predicted molar refractivity (Wildman–Crippen MR) is 93.3 cm³/mol. The van der Waals surface area contributed by atoms with Crippen LogP contribution in [0.15, 0.2) is 48.7 Å². The lowest BCUT2D eigenvalue weighted by Crippen LogP contribution is -2.33. The van der Waals surface area contributed by atoms with Gasteiger partial charge in [0.1, 0.15) is 0 Å². The molecule has 136 valence electrons. The first-order chi connectivity index (χ1) is 12.5. The fraction of sp³-hybridized carbons (Fsp3) is 0.278. The fourth-order valence-corrected chi connectivity index (χ4v) is 2.31. The minimum absolute atomic E-state index is 0.0550. The molecule has 0 N–H and O–H groups in total. The number of aromatic nitrogens is 1. The van der Waals surface area contributed by atoms with Crippen molar-refractivity contribution in [3.63, 3.8) is 0 Å². The van der Waals surface area contributed by atoms with E-state index in [0.29, 0.717) is 11.3 Å². The average molecular weight is 357 g/mol. The van der Waals surface area contributed by atoms with Crippen LogP contribution in [0.4, 0.5) is 5.69 Å². The molecule has 0 saturated carbocycles. The van der Waals surface area contributed by atoms with Gasteiger partial charge in [0, 0.05) is 30.4 Å². The second-order valence-corrected chi connectivity index (χ2v) is 5.41. The van der Waals surface area contributed by atoms with Crippen LogP contribution in [0.2, 0.25) is 0 Å². The molecule has 0 bridgehead atoms. The molecule has 26 heavy (non-hydrogen) atoms. The van der Waals surface area contributed by atoms with Crippen molar-refractivity contribution >= 4 is 17.6 Å². The minimum Gasteiger partial charge on any atom is -0.466 e. The maximum Gasteiger partial charge on any atom is 0.307 e. The van der Waals surface area contributed by atoms with Crippen LogP contribution in [0.3, 0.4) is 0 Å². The molecule has 0 aliphatic rings. The Balaban J connectivity index is 2.16. The first kappa shape index (κ1) is 19.0. The summed E-state index contributed by atoms with van der Waals surface area (Å²) in [5.41, 5.74) is 0.881. The number of nitrogens with zero attached hydrogens (tertiary/aromatic N) is 3. The number of benzene rings is 1. The van der Waals surface area contributed by atoms with E-state index in [4.69, 9.17) is 4.74 Å². The van der Waals surface area contributed by atoms with Crippen molar-refractivity contribution in [2.24, 2.45) is 0 Å². The smallest absolute Gasteiger partial charge is 0.307 e. The Morgan fingerprint density at radius 2 is 1.92 bits per heavy atom. The number of esters is 1. The number of carbonyl (C=O) groups is 2. The van der Waals surface area contributed by atoms with Gasteiger partial charge in [-0.3, -0.25) is 24.7 Å². The van der Waals surface area contributed by atoms with E-state index < -0.39 is 10.9 Å². The van der Waals surface area contributed by atoms with Crippen LogP contribution in [-0.4, -0.2) is 39.8 Å². The number of amides is 1. The number of nitro groups is 1. The van der Waals surface area contributed by atoms with Gasteiger partial charge in [0.2, 0.25) is 0 Å². The summed E-state index contributed by atoms with van der Waals surface area (Å²) in [6, 6.07) is 10.7. The normalized spacial score (nSPS) is 10.2. The first-order valence-corrected chi connectivity index (χ1v) is 8.10. The first-order valence-electron chi connectivity index (χ1n) is 8.10. The number of nitro benzene ring substituents is 1. The molecule has 1 heterocycles. The molecule has 8 heteroatoms. The highest BCUT2D eigenvalue weighted by atomic mass is 16.6. The highest BCUT2D eigenvalue weighted by Gasteiger charge is 2.19. The predicted octanol–water partition coefficient (Wildman–Crippen LogP) is 2.59. The van der Waals surface area contributed by atoms with E-state index in [2.05, 4.69) is 4.98 Å². The molecule has 0 fully saturated rings. The van der Waals surface area contributed by atoms with Gasteiger partial charge in [-0.25, -0.2) is 0 Å². The molecule has 0 aliphatic heterocycles. The van der Waals surface area contributed by atoms with Crippen LogP contribution in [0.25, 0.3) is 0 Å². The van der Waals surface area contributed by atoms with Crippen molar-refractivity contribution in [1.82, 2.24) is 9.88 Å². The largest absolute Gasteiger partial charge is 0.466 e. The van der Waals surface area contributed by atoms with Gasteiger partial charge in [0.25, 0.3) is 11.6 Å². The Kier molecular flexibility index (Phi) is 6.78. The molecule has 8 nitrogen and oxygen atoms in total. The zero-order valence-electron chi connectivity index (χ0n) is 14.3. The molecular formula is C18H19N3O5. The van der Waals surface area contributed by atoms with Crippen LogP contribution in [0.5, 0.6) is 0 Å². The van der Waals surface area contributed by atoms with Gasteiger partial charge in [-0.1, -0.05) is 6.07 Å². The highest BCUT2D eigenvalue weighted by molar-refractivity contribution is 5.94. The van der Waals surface area contributed by atoms with E-state index >= 15 is 0 Å². The number of carbonyl (C=O) groups excluding carboxylic acids is 2. The van der Waals surface area contributed by atoms with Crippen molar-refractivity contribution in [2.45, 2.75) is 19.9 Å². The van der Waals surface area contributed by atoms with E-state index in [-0.39, 0.29) is 37.7 Å². The van der Waals surface area contributed by atoms with Crippen molar-refractivity contribution in [3.8, 4) is 0 Å². The lowest BCUT2D eigenvalue weighted by Gasteiger charge is -2.22. The van der Waals surface area contributed by atoms with Crippen molar-refractivity contribution < 1.29 is 19.2 Å². The van der Waals surface area contributed by atoms with Gasteiger partial charge in [-0.2, -0.15) is 0 Å². The third kappa shape index (κ3) is 5.37. The summed E-state index contributed by atoms with van der Waals surface area (Å²) in [6.07, 6.45) is 1.68. The van der Waals surface area contributed by atoms with Gasteiger partial charge in [-0.15, -0.1) is 0 Å². The van der Waals surface area contributed by atoms with Crippen LogP contribution in [0, 0.1) is 10.1 Å². The third-order valence-corrected chi connectivity index (χ3v) is 3.58. The van der Waals surface area contributed by atoms with Crippen molar-refractivity contribution in [1.29, 1.82) is 0 Å². The van der Waals surface area contributed by atoms with Gasteiger partial charge in [0.15, 0.2) is 0 Å². The molecule has 2 aromatic rings. The number of hydrogen-bond acceptors (Lipinski definition) is 6. The van der Waals surface area contributed by atoms with Crippen molar-refractivity contribution in [3.05, 3.63) is 70.0 Å². The number of ether oxygens (including phenoxy) is 1.